The zero-order chi connectivity index (χ0) is 22.3. The van der Waals surface area contributed by atoms with Crippen molar-refractivity contribution in [3.63, 3.8) is 0 Å². The van der Waals surface area contributed by atoms with Crippen LogP contribution in [0.25, 0.3) is 0 Å². The second kappa shape index (κ2) is 6.16. The van der Waals surface area contributed by atoms with Crippen LogP contribution < -0.4 is 0 Å². The van der Waals surface area contributed by atoms with Gasteiger partial charge in [0.25, 0.3) is 0 Å². The van der Waals surface area contributed by atoms with Gasteiger partial charge in [-0.15, -0.1) is 0 Å². The predicted octanol–water partition coefficient (Wildman–Crippen LogP) is 5.76. The van der Waals surface area contributed by atoms with Gasteiger partial charge in [-0.2, -0.15) is 0 Å². The maximum Gasteiger partial charge on any atom is 0.160 e. The van der Waals surface area contributed by atoms with E-state index in [1.165, 1.54) is 5.56 Å². The molecule has 1 saturated carbocycles. The van der Waals surface area contributed by atoms with Crippen LogP contribution in [0.1, 0.15) is 48.9 Å². The van der Waals surface area contributed by atoms with E-state index in [4.69, 9.17) is 0 Å². The summed E-state index contributed by atoms with van der Waals surface area (Å²) in [6.07, 6.45) is 1.83. The fourth-order valence-corrected chi connectivity index (χ4v) is 7.90. The van der Waals surface area contributed by atoms with Crippen LogP contribution in [0.4, 0.5) is 0 Å². The molecule has 0 radical (unpaired) electrons. The predicted molar refractivity (Wildman–Crippen MR) is 126 cm³/mol. The number of carbonyl (C=O) groups is 2. The molecule has 0 N–H and O–H groups in total. The number of hydrogen-bond donors (Lipinski definition) is 0. The number of Topliss-reactive ketones (excluding diaryl/α,β-unsaturated/α-hetero) is 1. The molecule has 3 aromatic rings. The van der Waals surface area contributed by atoms with Crippen molar-refractivity contribution >= 4 is 11.6 Å². The third-order valence-electron chi connectivity index (χ3n) is 8.82. The highest BCUT2D eigenvalue weighted by Gasteiger charge is 2.78. The Kier molecular flexibility index (Phi) is 3.74. The molecule has 0 aliphatic heterocycles. The van der Waals surface area contributed by atoms with Gasteiger partial charge in [0.15, 0.2) is 11.6 Å². The topological polar surface area (TPSA) is 34.1 Å². The molecule has 2 heteroatoms. The minimum atomic E-state index is -0.849. The van der Waals surface area contributed by atoms with E-state index in [0.29, 0.717) is 0 Å². The average Bonchev–Trinajstić information content (AvgIpc) is 2.96. The van der Waals surface area contributed by atoms with E-state index in [0.717, 1.165) is 22.3 Å². The zero-order valence-electron chi connectivity index (χ0n) is 18.6. The van der Waals surface area contributed by atoms with Crippen molar-refractivity contribution in [1.29, 1.82) is 0 Å². The molecule has 0 spiro atoms. The molecule has 0 saturated heterocycles. The van der Waals surface area contributed by atoms with Crippen LogP contribution in [0.15, 0.2) is 96.6 Å². The number of carbonyl (C=O) groups excluding carboxylic acids is 2. The van der Waals surface area contributed by atoms with Gasteiger partial charge in [-0.05, 0) is 42.2 Å². The molecule has 158 valence electrons. The number of rotatable bonds is 2. The van der Waals surface area contributed by atoms with E-state index in [-0.39, 0.29) is 17.5 Å². The lowest BCUT2D eigenvalue weighted by Crippen LogP contribution is -2.61. The Morgan fingerprint density at radius 2 is 1.28 bits per heavy atom. The molecule has 5 atom stereocenters. The van der Waals surface area contributed by atoms with Crippen LogP contribution in [0.5, 0.6) is 0 Å². The quantitative estimate of drug-likeness (QED) is 0.530. The summed E-state index contributed by atoms with van der Waals surface area (Å²) in [7, 11) is 0. The smallest absolute Gasteiger partial charge is 0.160 e. The molecule has 2 nitrogen and oxygen atoms in total. The van der Waals surface area contributed by atoms with E-state index in [1.807, 2.05) is 43.3 Å². The maximum atomic E-state index is 14.5. The highest BCUT2D eigenvalue weighted by Crippen LogP contribution is 2.75. The number of hydrogen-bond acceptors (Lipinski definition) is 2. The summed E-state index contributed by atoms with van der Waals surface area (Å²) in [5, 5.41) is 0. The summed E-state index contributed by atoms with van der Waals surface area (Å²) in [6, 6.07) is 28.9. The Labute approximate surface area is 189 Å². The second-order valence-electron chi connectivity index (χ2n) is 10.0. The van der Waals surface area contributed by atoms with Crippen molar-refractivity contribution in [3.05, 3.63) is 119 Å². The molecular formula is C30H26O2. The fourth-order valence-electron chi connectivity index (χ4n) is 7.90. The molecule has 0 heterocycles. The van der Waals surface area contributed by atoms with Crippen molar-refractivity contribution in [2.75, 3.05) is 0 Å². The Balaban J connectivity index is 1.84. The first-order valence-electron chi connectivity index (χ1n) is 11.4. The van der Waals surface area contributed by atoms with E-state index in [2.05, 4.69) is 68.4 Å². The molecule has 3 aliphatic carbocycles. The molecule has 1 fully saturated rings. The van der Waals surface area contributed by atoms with Crippen LogP contribution in [0.2, 0.25) is 0 Å². The molecule has 3 aromatic carbocycles. The number of benzene rings is 3. The third-order valence-corrected chi connectivity index (χ3v) is 8.82. The second-order valence-corrected chi connectivity index (χ2v) is 10.0. The summed E-state index contributed by atoms with van der Waals surface area (Å²) in [5.41, 5.74) is 3.33. The van der Waals surface area contributed by atoms with Crippen molar-refractivity contribution in [3.8, 4) is 0 Å². The first kappa shape index (κ1) is 19.4. The standard InChI is InChI=1S/C30H26O2/c1-19-18-24(31)26-28(2)22-16-10-11-17-23(22)30(19,21-14-8-5-9-15-21)29(26,3)25(27(28)32)20-12-6-4-7-13-20/h4-18,25-26H,1-3H3/t25-,26-,28-,29+,30+/m0/s1. The summed E-state index contributed by atoms with van der Waals surface area (Å²) < 4.78 is 0. The first-order chi connectivity index (χ1) is 15.4. The lowest BCUT2D eigenvalue weighted by atomic mass is 9.40. The zero-order valence-corrected chi connectivity index (χ0v) is 18.6. The molecule has 4 bridgehead atoms. The molecule has 32 heavy (non-hydrogen) atoms. The van der Waals surface area contributed by atoms with Crippen LogP contribution in [0, 0.1) is 11.3 Å². The minimum Gasteiger partial charge on any atom is -0.298 e. The normalized spacial score (nSPS) is 34.8. The maximum absolute atomic E-state index is 14.5. The average molecular weight is 419 g/mol. The summed E-state index contributed by atoms with van der Waals surface area (Å²) in [4.78, 5) is 28.2. The van der Waals surface area contributed by atoms with Gasteiger partial charge >= 0.3 is 0 Å². The van der Waals surface area contributed by atoms with Gasteiger partial charge in [-0.3, -0.25) is 9.59 Å². The first-order valence-corrected chi connectivity index (χ1v) is 11.4. The molecule has 3 aliphatic rings. The fraction of sp³-hybridized carbons (Fsp3) is 0.267. The summed E-state index contributed by atoms with van der Waals surface area (Å²) in [5.74, 6) is -0.538. The largest absolute Gasteiger partial charge is 0.298 e. The minimum absolute atomic E-state index is 0.0836. The highest BCUT2D eigenvalue weighted by atomic mass is 16.1. The number of fused-ring (bicyclic) bond motifs is 3. The Bertz CT molecular complexity index is 1300. The number of ketones is 2. The van der Waals surface area contributed by atoms with Gasteiger partial charge in [-0.25, -0.2) is 0 Å². The highest BCUT2D eigenvalue weighted by molar-refractivity contribution is 6.11. The van der Waals surface area contributed by atoms with E-state index in [9.17, 15) is 9.59 Å². The van der Waals surface area contributed by atoms with Crippen LogP contribution in [0.3, 0.4) is 0 Å². The van der Waals surface area contributed by atoms with Crippen LogP contribution in [-0.4, -0.2) is 11.6 Å². The van der Waals surface area contributed by atoms with E-state index in [1.54, 1.807) is 0 Å². The molecular weight excluding hydrogens is 392 g/mol. The van der Waals surface area contributed by atoms with E-state index < -0.39 is 22.2 Å². The van der Waals surface area contributed by atoms with Crippen molar-refractivity contribution in [2.24, 2.45) is 11.3 Å². The SMILES string of the molecule is CC1=CC(=O)[C@@H]2[C@@]3(C)[C@@H](c4ccccc4)C(=O)[C@@]2(C)c2ccccc2[C@]13c1ccccc1. The molecule has 0 amide bonds. The van der Waals surface area contributed by atoms with Crippen LogP contribution >= 0.6 is 0 Å². The van der Waals surface area contributed by atoms with Gasteiger partial charge in [0.05, 0.1) is 11.3 Å². The summed E-state index contributed by atoms with van der Waals surface area (Å²) >= 11 is 0. The lowest BCUT2D eigenvalue weighted by molar-refractivity contribution is -0.129. The van der Waals surface area contributed by atoms with Crippen molar-refractivity contribution < 1.29 is 9.59 Å². The molecule has 0 unspecified atom stereocenters. The molecule has 0 aromatic heterocycles. The van der Waals surface area contributed by atoms with Gasteiger partial charge in [0.1, 0.15) is 0 Å². The third kappa shape index (κ3) is 1.89. The summed E-state index contributed by atoms with van der Waals surface area (Å²) in [6.45, 7) is 6.30. The van der Waals surface area contributed by atoms with Crippen molar-refractivity contribution in [1.82, 2.24) is 0 Å². The Morgan fingerprint density at radius 1 is 0.719 bits per heavy atom. The van der Waals surface area contributed by atoms with Gasteiger partial charge in [0, 0.05) is 16.7 Å². The van der Waals surface area contributed by atoms with Crippen LogP contribution in [-0.2, 0) is 20.4 Å². The molecule has 6 rings (SSSR count). The van der Waals surface area contributed by atoms with Gasteiger partial charge in [0.2, 0.25) is 0 Å². The van der Waals surface area contributed by atoms with Crippen molar-refractivity contribution in [2.45, 2.75) is 37.5 Å². The van der Waals surface area contributed by atoms with E-state index >= 15 is 0 Å². The monoisotopic (exact) mass is 418 g/mol. The Morgan fingerprint density at radius 3 is 1.94 bits per heavy atom. The van der Waals surface area contributed by atoms with Gasteiger partial charge in [-0.1, -0.05) is 97.4 Å². The van der Waals surface area contributed by atoms with Gasteiger partial charge < -0.3 is 0 Å². The lowest BCUT2D eigenvalue weighted by Gasteiger charge is -2.60. The Hall–Kier alpha value is -3.26. The number of allylic oxidation sites excluding steroid dienone is 2.